The molecule has 53 heavy (non-hydrogen) atoms. The molecule has 0 saturated heterocycles. The van der Waals surface area contributed by atoms with Gasteiger partial charge in [-0.1, -0.05) is 161 Å². The highest BCUT2D eigenvalue weighted by Gasteiger charge is 2.41. The van der Waals surface area contributed by atoms with Crippen molar-refractivity contribution in [2.75, 3.05) is 4.90 Å². The second kappa shape index (κ2) is 10.7. The van der Waals surface area contributed by atoms with Gasteiger partial charge in [-0.05, 0) is 113 Å². The van der Waals surface area contributed by atoms with Gasteiger partial charge in [0.1, 0.15) is 0 Å². The lowest BCUT2D eigenvalue weighted by Gasteiger charge is -2.31. The van der Waals surface area contributed by atoms with Crippen molar-refractivity contribution in [2.24, 2.45) is 0 Å². The van der Waals surface area contributed by atoms with Gasteiger partial charge >= 0.3 is 0 Å². The Labute approximate surface area is 310 Å². The minimum Gasteiger partial charge on any atom is -0.310 e. The molecule has 1 nitrogen and oxygen atoms in total. The molecule has 0 spiro atoms. The lowest BCUT2D eigenvalue weighted by atomic mass is 9.79. The van der Waals surface area contributed by atoms with Gasteiger partial charge in [0.15, 0.2) is 0 Å². The highest BCUT2D eigenvalue weighted by molar-refractivity contribution is 6.18. The third-order valence-electron chi connectivity index (χ3n) is 12.5. The summed E-state index contributed by atoms with van der Waals surface area (Å²) in [6.45, 7) is 9.65. The van der Waals surface area contributed by atoms with Crippen LogP contribution in [-0.2, 0) is 10.8 Å². The maximum atomic E-state index is 2.51. The van der Waals surface area contributed by atoms with Gasteiger partial charge in [0.25, 0.3) is 0 Å². The largest absolute Gasteiger partial charge is 0.310 e. The average molecular weight is 678 g/mol. The first-order valence-electron chi connectivity index (χ1n) is 18.9. The SMILES string of the molecule is CC1(C)c2ccc3ccccc3c2-c2cc(N(c3ccccc3)c3ccc4c(c3)C(C)(C)c3c-4c4ccccc4c4ccccc34)c3ccccc3c21. The van der Waals surface area contributed by atoms with E-state index >= 15 is 0 Å². The molecule has 9 aromatic carbocycles. The minimum absolute atomic E-state index is 0.140. The molecule has 1 heteroatoms. The Morgan fingerprint density at radius 1 is 0.358 bits per heavy atom. The lowest BCUT2D eigenvalue weighted by molar-refractivity contribution is 0.666. The zero-order chi connectivity index (χ0) is 35.6. The van der Waals surface area contributed by atoms with Crippen LogP contribution in [-0.4, -0.2) is 0 Å². The minimum atomic E-state index is -0.200. The van der Waals surface area contributed by atoms with E-state index in [0.717, 1.165) is 5.69 Å². The zero-order valence-corrected chi connectivity index (χ0v) is 30.5. The van der Waals surface area contributed by atoms with E-state index in [4.69, 9.17) is 0 Å². The number of benzene rings is 9. The van der Waals surface area contributed by atoms with Crippen LogP contribution >= 0.6 is 0 Å². The van der Waals surface area contributed by atoms with Crippen molar-refractivity contribution >= 4 is 60.2 Å². The summed E-state index contributed by atoms with van der Waals surface area (Å²) in [4.78, 5) is 2.51. The smallest absolute Gasteiger partial charge is 0.0546 e. The van der Waals surface area contributed by atoms with Crippen molar-refractivity contribution < 1.29 is 0 Å². The van der Waals surface area contributed by atoms with E-state index in [0.29, 0.717) is 0 Å². The Balaban J connectivity index is 1.20. The quantitative estimate of drug-likeness (QED) is 0.168. The summed E-state index contributed by atoms with van der Waals surface area (Å²) < 4.78 is 0. The standard InChI is InChI=1S/C52H39N/c1-51(2)44-29-26-32-16-8-9-19-35(32)47(44)43-31-46(38-22-12-15-25-41(38)49(43)51)53(33-17-6-5-7-18-33)34-27-28-42-45(30-34)52(3,4)50-40-24-14-11-21-37(40)36-20-10-13-23-39(36)48(42)50/h5-31H,1-4H3. The van der Waals surface area contributed by atoms with E-state index in [1.54, 1.807) is 0 Å². The third-order valence-corrected chi connectivity index (χ3v) is 12.5. The van der Waals surface area contributed by atoms with Crippen LogP contribution in [0.4, 0.5) is 17.1 Å². The van der Waals surface area contributed by atoms with Crippen LogP contribution in [0.1, 0.15) is 49.9 Å². The van der Waals surface area contributed by atoms with Gasteiger partial charge in [0.05, 0.1) is 5.69 Å². The fourth-order valence-electron chi connectivity index (χ4n) is 10.2. The van der Waals surface area contributed by atoms with E-state index in [9.17, 15) is 0 Å². The molecule has 2 aliphatic rings. The van der Waals surface area contributed by atoms with Crippen LogP contribution < -0.4 is 4.90 Å². The number of para-hydroxylation sites is 1. The molecule has 11 rings (SSSR count). The van der Waals surface area contributed by atoms with Gasteiger partial charge in [-0.15, -0.1) is 0 Å². The summed E-state index contributed by atoms with van der Waals surface area (Å²) in [5.74, 6) is 0. The number of nitrogens with zero attached hydrogens (tertiary/aromatic N) is 1. The van der Waals surface area contributed by atoms with Crippen LogP contribution in [0.15, 0.2) is 164 Å². The Morgan fingerprint density at radius 2 is 0.925 bits per heavy atom. The van der Waals surface area contributed by atoms with Gasteiger partial charge in [-0.25, -0.2) is 0 Å². The second-order valence-electron chi connectivity index (χ2n) is 16.1. The predicted octanol–water partition coefficient (Wildman–Crippen LogP) is 14.4. The number of anilines is 3. The molecule has 0 radical (unpaired) electrons. The third kappa shape index (κ3) is 4.03. The molecule has 0 aliphatic heterocycles. The maximum Gasteiger partial charge on any atom is 0.0546 e. The summed E-state index contributed by atoms with van der Waals surface area (Å²) in [6.07, 6.45) is 0. The van der Waals surface area contributed by atoms with Crippen LogP contribution in [0.2, 0.25) is 0 Å². The Morgan fingerprint density at radius 3 is 1.66 bits per heavy atom. The second-order valence-corrected chi connectivity index (χ2v) is 16.1. The van der Waals surface area contributed by atoms with E-state index in [1.165, 1.54) is 99.0 Å². The first-order chi connectivity index (χ1) is 25.8. The Hall–Kier alpha value is -6.18. The fourth-order valence-corrected chi connectivity index (χ4v) is 10.2. The van der Waals surface area contributed by atoms with Gasteiger partial charge < -0.3 is 4.90 Å². The van der Waals surface area contributed by atoms with Gasteiger partial charge in [-0.3, -0.25) is 0 Å². The molecule has 0 N–H and O–H groups in total. The van der Waals surface area contributed by atoms with Crippen molar-refractivity contribution in [3.8, 4) is 22.3 Å². The predicted molar refractivity (Wildman–Crippen MR) is 226 cm³/mol. The van der Waals surface area contributed by atoms with Crippen molar-refractivity contribution in [1.29, 1.82) is 0 Å². The molecule has 0 bridgehead atoms. The van der Waals surface area contributed by atoms with Crippen molar-refractivity contribution in [2.45, 2.75) is 38.5 Å². The summed E-state index contributed by atoms with van der Waals surface area (Å²) in [7, 11) is 0. The maximum absolute atomic E-state index is 2.51. The molecule has 2 aliphatic carbocycles. The summed E-state index contributed by atoms with van der Waals surface area (Å²) in [5.41, 5.74) is 14.2. The monoisotopic (exact) mass is 677 g/mol. The molecule has 0 fully saturated rings. The average Bonchev–Trinajstić information content (AvgIpc) is 3.58. The van der Waals surface area contributed by atoms with Crippen LogP contribution in [0.5, 0.6) is 0 Å². The molecule has 0 atom stereocenters. The van der Waals surface area contributed by atoms with Crippen LogP contribution in [0.25, 0.3) is 65.3 Å². The van der Waals surface area contributed by atoms with E-state index < -0.39 is 0 Å². The molecular formula is C52H39N. The number of fused-ring (bicyclic) bond motifs is 15. The Bertz CT molecular complexity index is 3000. The lowest BCUT2D eigenvalue weighted by Crippen LogP contribution is -2.18. The molecule has 0 amide bonds. The molecule has 9 aromatic rings. The van der Waals surface area contributed by atoms with Gasteiger partial charge in [0, 0.05) is 27.6 Å². The molecule has 252 valence electrons. The van der Waals surface area contributed by atoms with Crippen LogP contribution in [0, 0.1) is 0 Å². The Kier molecular flexibility index (Phi) is 6.14. The van der Waals surface area contributed by atoms with Crippen molar-refractivity contribution in [3.05, 3.63) is 186 Å². The van der Waals surface area contributed by atoms with E-state index in [1.807, 2.05) is 0 Å². The number of rotatable bonds is 3. The van der Waals surface area contributed by atoms with E-state index in [-0.39, 0.29) is 10.8 Å². The van der Waals surface area contributed by atoms with Gasteiger partial charge in [0.2, 0.25) is 0 Å². The summed E-state index contributed by atoms with van der Waals surface area (Å²) in [6, 6.07) is 61.3. The highest BCUT2D eigenvalue weighted by atomic mass is 15.1. The normalized spacial score (nSPS) is 14.7. The molecule has 0 unspecified atom stereocenters. The first kappa shape index (κ1) is 30.4. The van der Waals surface area contributed by atoms with Crippen LogP contribution in [0.3, 0.4) is 0 Å². The summed E-state index contributed by atoms with van der Waals surface area (Å²) in [5, 5.41) is 10.5. The fraction of sp³-hybridized carbons (Fsp3) is 0.115. The summed E-state index contributed by atoms with van der Waals surface area (Å²) >= 11 is 0. The van der Waals surface area contributed by atoms with Crippen molar-refractivity contribution in [1.82, 2.24) is 0 Å². The van der Waals surface area contributed by atoms with Crippen molar-refractivity contribution in [3.63, 3.8) is 0 Å². The van der Waals surface area contributed by atoms with Gasteiger partial charge in [-0.2, -0.15) is 0 Å². The first-order valence-corrected chi connectivity index (χ1v) is 18.9. The zero-order valence-electron chi connectivity index (χ0n) is 30.5. The van der Waals surface area contributed by atoms with E-state index in [2.05, 4.69) is 196 Å². The highest BCUT2D eigenvalue weighted by Crippen LogP contribution is 2.58. The molecule has 0 saturated carbocycles. The molecule has 0 aromatic heterocycles. The molecular weight excluding hydrogens is 639 g/mol. The molecule has 0 heterocycles. The number of hydrogen-bond donors (Lipinski definition) is 0. The number of hydrogen-bond acceptors (Lipinski definition) is 1. The topological polar surface area (TPSA) is 3.24 Å².